The summed E-state index contributed by atoms with van der Waals surface area (Å²) in [4.78, 5) is 25.9. The van der Waals surface area contributed by atoms with E-state index in [1.807, 2.05) is 36.4 Å². The summed E-state index contributed by atoms with van der Waals surface area (Å²) >= 11 is 0. The van der Waals surface area contributed by atoms with Crippen LogP contribution in [0.2, 0.25) is 0 Å². The van der Waals surface area contributed by atoms with E-state index in [0.717, 1.165) is 24.1 Å². The molecule has 124 valence electrons. The second kappa shape index (κ2) is 5.78. The van der Waals surface area contributed by atoms with E-state index in [4.69, 9.17) is 0 Å². The first-order chi connectivity index (χ1) is 11.6. The maximum Gasteiger partial charge on any atom is 0.308 e. The molecule has 6 heteroatoms. The molecule has 2 aromatic rings. The van der Waals surface area contributed by atoms with Gasteiger partial charge in [-0.25, -0.2) is 0 Å². The summed E-state index contributed by atoms with van der Waals surface area (Å²) in [5.74, 6) is -1.32. The van der Waals surface area contributed by atoms with Crippen molar-refractivity contribution in [1.29, 1.82) is 0 Å². The van der Waals surface area contributed by atoms with Crippen molar-refractivity contribution in [1.82, 2.24) is 15.1 Å². The number of nitrogens with zero attached hydrogens (tertiary/aromatic N) is 2. The highest BCUT2D eigenvalue weighted by Gasteiger charge is 2.41. The van der Waals surface area contributed by atoms with Crippen LogP contribution in [0, 0.1) is 5.92 Å². The Morgan fingerprint density at radius 3 is 2.58 bits per heavy atom. The van der Waals surface area contributed by atoms with Crippen molar-refractivity contribution >= 4 is 11.9 Å². The lowest BCUT2D eigenvalue weighted by Crippen LogP contribution is -2.30. The van der Waals surface area contributed by atoms with Crippen molar-refractivity contribution < 1.29 is 14.7 Å². The monoisotopic (exact) mass is 325 g/mol. The van der Waals surface area contributed by atoms with Crippen molar-refractivity contribution in [2.75, 3.05) is 13.1 Å². The molecule has 1 saturated carbocycles. The van der Waals surface area contributed by atoms with Gasteiger partial charge in [-0.05, 0) is 24.5 Å². The Bertz CT molecular complexity index is 767. The summed E-state index contributed by atoms with van der Waals surface area (Å²) < 4.78 is 0. The van der Waals surface area contributed by atoms with E-state index in [-0.39, 0.29) is 18.4 Å². The molecule has 2 heterocycles. The van der Waals surface area contributed by atoms with Crippen LogP contribution >= 0.6 is 0 Å². The Hall–Kier alpha value is -2.63. The molecule has 1 amide bonds. The Morgan fingerprint density at radius 2 is 1.92 bits per heavy atom. The normalized spacial score (nSPS) is 23.4. The summed E-state index contributed by atoms with van der Waals surface area (Å²) in [7, 11) is 0. The van der Waals surface area contributed by atoms with Gasteiger partial charge in [-0.1, -0.05) is 30.3 Å². The number of aliphatic carboxylic acids is 1. The number of carbonyl (C=O) groups excluding carboxylic acids is 1. The van der Waals surface area contributed by atoms with E-state index < -0.39 is 11.9 Å². The highest BCUT2D eigenvalue weighted by molar-refractivity contribution is 5.93. The van der Waals surface area contributed by atoms with Gasteiger partial charge in [-0.3, -0.25) is 14.7 Å². The van der Waals surface area contributed by atoms with Gasteiger partial charge in [0, 0.05) is 30.6 Å². The van der Waals surface area contributed by atoms with Gasteiger partial charge in [-0.15, -0.1) is 0 Å². The maximum atomic E-state index is 12.7. The van der Waals surface area contributed by atoms with Gasteiger partial charge >= 0.3 is 5.97 Å². The van der Waals surface area contributed by atoms with Crippen molar-refractivity contribution in [2.24, 2.45) is 5.92 Å². The van der Waals surface area contributed by atoms with Crippen LogP contribution in [-0.2, 0) is 4.79 Å². The fraction of sp³-hybridized carbons (Fsp3) is 0.389. The predicted octanol–water partition coefficient (Wildman–Crippen LogP) is 2.23. The van der Waals surface area contributed by atoms with Crippen LogP contribution in [-0.4, -0.2) is 45.2 Å². The number of H-pyrrole nitrogens is 1. The summed E-state index contributed by atoms with van der Waals surface area (Å²) in [6, 6.07) is 11.4. The van der Waals surface area contributed by atoms with Crippen LogP contribution in [0.3, 0.4) is 0 Å². The molecule has 24 heavy (non-hydrogen) atoms. The number of carboxylic acid groups (broad SMARTS) is 1. The standard InChI is InChI=1S/C18H19N3O3/c22-17(16-8-15(19-20-16)12-6-7-12)21-9-13(14(10-21)18(23)24)11-4-2-1-3-5-11/h1-5,8,12-14H,6-7,9-10H2,(H,19,20)(H,23,24)/t13-,14-/m1/s1. The molecule has 0 bridgehead atoms. The van der Waals surface area contributed by atoms with Crippen molar-refractivity contribution in [3.05, 3.63) is 53.3 Å². The van der Waals surface area contributed by atoms with Crippen LogP contribution in [0.15, 0.2) is 36.4 Å². The number of aromatic nitrogens is 2. The lowest BCUT2D eigenvalue weighted by molar-refractivity contribution is -0.141. The topological polar surface area (TPSA) is 86.3 Å². The Labute approximate surface area is 139 Å². The van der Waals surface area contributed by atoms with E-state index in [1.165, 1.54) is 0 Å². The van der Waals surface area contributed by atoms with Crippen LogP contribution in [0.4, 0.5) is 0 Å². The zero-order valence-corrected chi connectivity index (χ0v) is 13.2. The van der Waals surface area contributed by atoms with E-state index in [2.05, 4.69) is 10.2 Å². The molecule has 1 saturated heterocycles. The molecule has 2 N–H and O–H groups in total. The molecule has 2 fully saturated rings. The first kappa shape index (κ1) is 14.9. The molecule has 1 aliphatic heterocycles. The number of amides is 1. The summed E-state index contributed by atoms with van der Waals surface area (Å²) in [5.41, 5.74) is 2.35. The molecule has 6 nitrogen and oxygen atoms in total. The van der Waals surface area contributed by atoms with Crippen LogP contribution < -0.4 is 0 Å². The smallest absolute Gasteiger partial charge is 0.308 e. The molecule has 0 unspecified atom stereocenters. The minimum Gasteiger partial charge on any atom is -0.481 e. The second-order valence-electron chi connectivity index (χ2n) is 6.65. The summed E-state index contributed by atoms with van der Waals surface area (Å²) in [6.45, 7) is 0.630. The summed E-state index contributed by atoms with van der Waals surface area (Å²) in [5, 5.41) is 16.6. The van der Waals surface area contributed by atoms with Crippen LogP contribution in [0.5, 0.6) is 0 Å². The van der Waals surface area contributed by atoms with E-state index >= 15 is 0 Å². The number of aromatic amines is 1. The fourth-order valence-electron chi connectivity index (χ4n) is 3.47. The average Bonchev–Trinajstić information content (AvgIpc) is 3.16. The van der Waals surface area contributed by atoms with Gasteiger partial charge < -0.3 is 10.0 Å². The van der Waals surface area contributed by atoms with Gasteiger partial charge in [0.1, 0.15) is 5.69 Å². The molecular formula is C18H19N3O3. The SMILES string of the molecule is O=C(O)[C@@H]1CN(C(=O)c2cc(C3CC3)[nH]n2)C[C@@H]1c1ccccc1. The molecule has 2 aliphatic rings. The van der Waals surface area contributed by atoms with Crippen molar-refractivity contribution in [2.45, 2.75) is 24.7 Å². The quantitative estimate of drug-likeness (QED) is 0.902. The minimum atomic E-state index is -0.861. The van der Waals surface area contributed by atoms with Crippen LogP contribution in [0.1, 0.15) is 46.4 Å². The number of hydrogen-bond donors (Lipinski definition) is 2. The fourth-order valence-corrected chi connectivity index (χ4v) is 3.47. The average molecular weight is 325 g/mol. The third kappa shape index (κ3) is 2.68. The van der Waals surface area contributed by atoms with Crippen molar-refractivity contribution in [3.8, 4) is 0 Å². The van der Waals surface area contributed by atoms with Gasteiger partial charge in [0.15, 0.2) is 0 Å². The number of carbonyl (C=O) groups is 2. The van der Waals surface area contributed by atoms with Gasteiger partial charge in [0.25, 0.3) is 5.91 Å². The van der Waals surface area contributed by atoms with Crippen LogP contribution in [0.25, 0.3) is 0 Å². The highest BCUT2D eigenvalue weighted by Crippen LogP contribution is 2.39. The van der Waals surface area contributed by atoms with E-state index in [1.54, 1.807) is 4.90 Å². The molecule has 0 radical (unpaired) electrons. The molecular weight excluding hydrogens is 306 g/mol. The van der Waals surface area contributed by atoms with Gasteiger partial charge in [-0.2, -0.15) is 5.10 Å². The first-order valence-electron chi connectivity index (χ1n) is 8.26. The number of rotatable bonds is 4. The predicted molar refractivity (Wildman–Crippen MR) is 86.8 cm³/mol. The number of hydrogen-bond acceptors (Lipinski definition) is 3. The van der Waals surface area contributed by atoms with E-state index in [0.29, 0.717) is 18.2 Å². The number of nitrogens with one attached hydrogen (secondary N) is 1. The number of carboxylic acids is 1. The minimum absolute atomic E-state index is 0.186. The number of likely N-dealkylation sites (tertiary alicyclic amines) is 1. The first-order valence-corrected chi connectivity index (χ1v) is 8.26. The molecule has 1 aliphatic carbocycles. The Morgan fingerprint density at radius 1 is 1.17 bits per heavy atom. The number of benzene rings is 1. The zero-order valence-electron chi connectivity index (χ0n) is 13.2. The molecule has 4 rings (SSSR count). The van der Waals surface area contributed by atoms with Gasteiger partial charge in [0.2, 0.25) is 0 Å². The lowest BCUT2D eigenvalue weighted by Gasteiger charge is -2.15. The summed E-state index contributed by atoms with van der Waals surface area (Å²) in [6.07, 6.45) is 2.27. The Kier molecular flexibility index (Phi) is 3.59. The third-order valence-electron chi connectivity index (χ3n) is 4.99. The Balaban J connectivity index is 1.55. The van der Waals surface area contributed by atoms with Crippen molar-refractivity contribution in [3.63, 3.8) is 0 Å². The maximum absolute atomic E-state index is 12.7. The third-order valence-corrected chi connectivity index (χ3v) is 4.99. The molecule has 1 aromatic heterocycles. The highest BCUT2D eigenvalue weighted by atomic mass is 16.4. The van der Waals surface area contributed by atoms with Gasteiger partial charge in [0.05, 0.1) is 5.92 Å². The molecule has 1 aromatic carbocycles. The molecule has 2 atom stereocenters. The second-order valence-corrected chi connectivity index (χ2v) is 6.65. The van der Waals surface area contributed by atoms with E-state index in [9.17, 15) is 14.7 Å². The zero-order chi connectivity index (χ0) is 16.7. The lowest BCUT2D eigenvalue weighted by atomic mass is 9.89. The molecule has 0 spiro atoms. The largest absolute Gasteiger partial charge is 0.481 e.